The third-order valence-corrected chi connectivity index (χ3v) is 9.84. The van der Waals surface area contributed by atoms with Crippen LogP contribution in [-0.4, -0.2) is 80.6 Å². The van der Waals surface area contributed by atoms with E-state index in [-0.39, 0.29) is 42.7 Å². The Balaban J connectivity index is 4.33. The van der Waals surface area contributed by atoms with Gasteiger partial charge in [0.05, 0.1) is 34.4 Å². The van der Waals surface area contributed by atoms with Gasteiger partial charge in [0, 0.05) is 19.3 Å². The molecule has 0 saturated heterocycles. The van der Waals surface area contributed by atoms with Crippen LogP contribution in [0, 0.1) is 0 Å². The zero-order valence-corrected chi connectivity index (χ0v) is 36.1. The van der Waals surface area contributed by atoms with E-state index in [1.165, 1.54) is 96.3 Å². The fourth-order valence-corrected chi connectivity index (χ4v) is 6.40. The summed E-state index contributed by atoms with van der Waals surface area (Å²) >= 11 is 0. The predicted molar refractivity (Wildman–Crippen MR) is 229 cm³/mol. The molecule has 0 fully saturated rings. The Kier molecular flexibility index (Phi) is 36.3. The van der Waals surface area contributed by atoms with Gasteiger partial charge in [0.25, 0.3) is 0 Å². The van der Waals surface area contributed by atoms with Crippen LogP contribution in [0.15, 0.2) is 48.6 Å². The topological polar surface area (TPSA) is 99.1 Å². The van der Waals surface area contributed by atoms with E-state index in [1.54, 1.807) is 0 Å². The van der Waals surface area contributed by atoms with Crippen molar-refractivity contribution in [3.63, 3.8) is 0 Å². The number of rotatable bonds is 39. The molecule has 0 heterocycles. The van der Waals surface area contributed by atoms with Gasteiger partial charge in [0.15, 0.2) is 12.1 Å². The maximum atomic E-state index is 12.7. The van der Waals surface area contributed by atoms with Gasteiger partial charge in [-0.15, -0.1) is 0 Å². The van der Waals surface area contributed by atoms with E-state index in [0.29, 0.717) is 19.3 Å². The number of nitrogens with zero attached hydrogens (tertiary/aromatic N) is 1. The molecular weight excluding hydrogens is 691 g/mol. The van der Waals surface area contributed by atoms with Gasteiger partial charge in [-0.3, -0.25) is 9.59 Å². The molecule has 1 N–H and O–H groups in total. The van der Waals surface area contributed by atoms with Crippen LogP contribution in [0.4, 0.5) is 0 Å². The molecule has 0 aromatic heterocycles. The van der Waals surface area contributed by atoms with Crippen molar-refractivity contribution in [2.45, 2.75) is 193 Å². The monoisotopic (exact) mass is 775 g/mol. The summed E-state index contributed by atoms with van der Waals surface area (Å²) in [5, 5.41) is 9.61. The number of aliphatic carboxylic acids is 1. The second-order valence-electron chi connectivity index (χ2n) is 16.0. The molecular formula is C47H84NO7+. The minimum Gasteiger partial charge on any atom is -0.477 e. The molecule has 0 saturated carbocycles. The molecule has 0 bridgehead atoms. The van der Waals surface area contributed by atoms with E-state index in [0.717, 1.165) is 44.9 Å². The average Bonchev–Trinajstić information content (AvgIpc) is 3.14. The molecule has 0 aliphatic heterocycles. The Morgan fingerprint density at radius 2 is 1.02 bits per heavy atom. The molecule has 0 aliphatic carbocycles. The highest BCUT2D eigenvalue weighted by atomic mass is 16.6. The molecule has 0 aromatic carbocycles. The van der Waals surface area contributed by atoms with Crippen molar-refractivity contribution < 1.29 is 38.2 Å². The van der Waals surface area contributed by atoms with Crippen LogP contribution in [-0.2, 0) is 28.6 Å². The number of unbranched alkanes of at least 4 members (excludes halogenated alkanes) is 20. The largest absolute Gasteiger partial charge is 0.477 e. The third kappa shape index (κ3) is 36.7. The minimum absolute atomic E-state index is 0.0457. The number of carboxylic acids is 1. The smallest absolute Gasteiger partial charge is 0.362 e. The van der Waals surface area contributed by atoms with Crippen molar-refractivity contribution in [1.29, 1.82) is 0 Å². The van der Waals surface area contributed by atoms with E-state index in [1.807, 2.05) is 57.6 Å². The standard InChI is InChI=1S/C47H83NO7/c1-6-8-10-12-14-16-18-20-21-22-23-24-26-27-29-31-33-35-37-45(49)54-42-43(41-53-40-39-44(47(51)52)48(3,4)5)55-46(50)38-36-34-32-30-28-25-19-17-15-13-11-9-7-2/h9,11,13,15,17,19,25,28,43-44H,6-8,10,12,14,16,18,20-24,26-27,29-42H2,1-5H3/p+1/b11-9+,15-13+,19-17+,28-25+. The quantitative estimate of drug-likeness (QED) is 0.0287. The summed E-state index contributed by atoms with van der Waals surface area (Å²) in [7, 11) is 5.51. The summed E-state index contributed by atoms with van der Waals surface area (Å²) in [6.07, 6.45) is 44.5. The van der Waals surface area contributed by atoms with Crippen LogP contribution in [0.3, 0.4) is 0 Å². The highest BCUT2D eigenvalue weighted by Gasteiger charge is 2.31. The number of hydrogen-bond donors (Lipinski definition) is 1. The molecule has 55 heavy (non-hydrogen) atoms. The fourth-order valence-electron chi connectivity index (χ4n) is 6.40. The summed E-state index contributed by atoms with van der Waals surface area (Å²) in [6.45, 7) is 4.56. The second-order valence-corrected chi connectivity index (χ2v) is 16.0. The van der Waals surface area contributed by atoms with E-state index >= 15 is 0 Å². The van der Waals surface area contributed by atoms with Gasteiger partial charge in [-0.2, -0.15) is 0 Å². The number of likely N-dealkylation sites (N-methyl/N-ethyl adjacent to an activating group) is 1. The highest BCUT2D eigenvalue weighted by Crippen LogP contribution is 2.15. The molecule has 318 valence electrons. The van der Waals surface area contributed by atoms with Gasteiger partial charge in [0.2, 0.25) is 0 Å². The van der Waals surface area contributed by atoms with Crippen LogP contribution < -0.4 is 0 Å². The summed E-state index contributed by atoms with van der Waals surface area (Å²) in [6, 6.07) is -0.621. The fraction of sp³-hybridized carbons (Fsp3) is 0.766. The number of carbonyl (C=O) groups excluding carboxylic acids is 2. The molecule has 2 unspecified atom stereocenters. The summed E-state index contributed by atoms with van der Waals surface area (Å²) in [4.78, 5) is 36.9. The zero-order chi connectivity index (χ0) is 40.7. The lowest BCUT2D eigenvalue weighted by Gasteiger charge is -2.31. The summed E-state index contributed by atoms with van der Waals surface area (Å²) in [5.74, 6) is -1.52. The Morgan fingerprint density at radius 1 is 0.564 bits per heavy atom. The normalized spacial score (nSPS) is 13.4. The maximum Gasteiger partial charge on any atom is 0.362 e. The Hall–Kier alpha value is -2.71. The lowest BCUT2D eigenvalue weighted by molar-refractivity contribution is -0.887. The number of quaternary nitrogens is 1. The van der Waals surface area contributed by atoms with Crippen LogP contribution >= 0.6 is 0 Å². The Morgan fingerprint density at radius 3 is 1.51 bits per heavy atom. The van der Waals surface area contributed by atoms with Crippen molar-refractivity contribution in [2.75, 3.05) is 41.0 Å². The van der Waals surface area contributed by atoms with Gasteiger partial charge in [-0.25, -0.2) is 4.79 Å². The van der Waals surface area contributed by atoms with Gasteiger partial charge >= 0.3 is 17.9 Å². The molecule has 0 spiro atoms. The lowest BCUT2D eigenvalue weighted by Crippen LogP contribution is -2.50. The second kappa shape index (κ2) is 38.2. The van der Waals surface area contributed by atoms with Gasteiger partial charge in [0.1, 0.15) is 6.61 Å². The van der Waals surface area contributed by atoms with Crippen LogP contribution in [0.1, 0.15) is 181 Å². The predicted octanol–water partition coefficient (Wildman–Crippen LogP) is 12.0. The van der Waals surface area contributed by atoms with E-state index < -0.39 is 18.1 Å². The first-order valence-electron chi connectivity index (χ1n) is 22.2. The number of allylic oxidation sites excluding steroid dienone is 8. The van der Waals surface area contributed by atoms with Crippen molar-refractivity contribution in [3.8, 4) is 0 Å². The SMILES string of the molecule is CC/C=C/C=C/C=C/C=C/CCCCCC(=O)OC(COCCC(C(=O)O)[N+](C)(C)C)COC(=O)CCCCCCCCCCCCCCCCCCCC. The van der Waals surface area contributed by atoms with E-state index in [4.69, 9.17) is 14.2 Å². The van der Waals surface area contributed by atoms with Crippen LogP contribution in [0.25, 0.3) is 0 Å². The number of carboxylic acid groups (broad SMARTS) is 1. The first-order valence-corrected chi connectivity index (χ1v) is 22.2. The molecule has 8 heteroatoms. The lowest BCUT2D eigenvalue weighted by atomic mass is 10.0. The van der Waals surface area contributed by atoms with Crippen molar-refractivity contribution >= 4 is 17.9 Å². The summed E-state index contributed by atoms with van der Waals surface area (Å²) < 4.78 is 17.2. The van der Waals surface area contributed by atoms with E-state index in [2.05, 4.69) is 26.0 Å². The van der Waals surface area contributed by atoms with Gasteiger partial charge in [-0.1, -0.05) is 178 Å². The van der Waals surface area contributed by atoms with Gasteiger partial charge in [-0.05, 0) is 32.1 Å². The van der Waals surface area contributed by atoms with Crippen molar-refractivity contribution in [2.24, 2.45) is 0 Å². The molecule has 0 aliphatic rings. The van der Waals surface area contributed by atoms with E-state index in [9.17, 15) is 19.5 Å². The van der Waals surface area contributed by atoms with Crippen LogP contribution in [0.5, 0.6) is 0 Å². The molecule has 0 radical (unpaired) electrons. The number of hydrogen-bond acceptors (Lipinski definition) is 6. The Bertz CT molecular complexity index is 1040. The Labute approximate surface area is 337 Å². The zero-order valence-electron chi connectivity index (χ0n) is 36.1. The third-order valence-electron chi connectivity index (χ3n) is 9.84. The molecule has 2 atom stereocenters. The summed E-state index contributed by atoms with van der Waals surface area (Å²) in [5.41, 5.74) is 0. The number of ether oxygens (including phenoxy) is 3. The number of carbonyl (C=O) groups is 3. The number of esters is 2. The molecule has 0 aromatic rings. The van der Waals surface area contributed by atoms with Crippen molar-refractivity contribution in [3.05, 3.63) is 48.6 Å². The molecule has 0 amide bonds. The maximum absolute atomic E-state index is 12.7. The highest BCUT2D eigenvalue weighted by molar-refractivity contribution is 5.72. The first kappa shape index (κ1) is 52.3. The molecule has 8 nitrogen and oxygen atoms in total. The first-order chi connectivity index (χ1) is 26.6. The molecule has 0 rings (SSSR count). The average molecular weight is 775 g/mol. The van der Waals surface area contributed by atoms with Crippen LogP contribution in [0.2, 0.25) is 0 Å². The van der Waals surface area contributed by atoms with Gasteiger partial charge < -0.3 is 23.8 Å². The van der Waals surface area contributed by atoms with Crippen molar-refractivity contribution in [1.82, 2.24) is 0 Å². The minimum atomic E-state index is -0.882.